The number of imidazole rings is 1. The van der Waals surface area contributed by atoms with Crippen molar-refractivity contribution in [2.45, 2.75) is 39.2 Å². The predicted octanol–water partition coefficient (Wildman–Crippen LogP) is 4.28. The van der Waals surface area contributed by atoms with Gasteiger partial charge in [-0.1, -0.05) is 25.4 Å². The van der Waals surface area contributed by atoms with Crippen LogP contribution in [0, 0.1) is 4.77 Å². The summed E-state index contributed by atoms with van der Waals surface area (Å²) in [7, 11) is 0. The van der Waals surface area contributed by atoms with Crippen molar-refractivity contribution in [3.05, 3.63) is 22.1 Å². The minimum absolute atomic E-state index is 0.00381. The van der Waals surface area contributed by atoms with E-state index in [0.29, 0.717) is 9.79 Å². The van der Waals surface area contributed by atoms with Gasteiger partial charge < -0.3 is 4.98 Å². The van der Waals surface area contributed by atoms with Gasteiger partial charge in [-0.25, -0.2) is 4.98 Å². The molecule has 2 aromatic heterocycles. The summed E-state index contributed by atoms with van der Waals surface area (Å²) in [6.07, 6.45) is 3.68. The van der Waals surface area contributed by atoms with Crippen molar-refractivity contribution in [3.63, 3.8) is 0 Å². The Morgan fingerprint density at radius 1 is 1.47 bits per heavy atom. The predicted molar refractivity (Wildman–Crippen MR) is 74.2 cm³/mol. The lowest BCUT2D eigenvalue weighted by molar-refractivity contribution is 0.298. The monoisotopic (exact) mass is 269 g/mol. The smallest absolute Gasteiger partial charge is 0.179 e. The van der Waals surface area contributed by atoms with Crippen molar-refractivity contribution in [2.24, 2.45) is 0 Å². The molecule has 17 heavy (non-hydrogen) atoms. The first-order valence-corrected chi connectivity index (χ1v) is 6.57. The summed E-state index contributed by atoms with van der Waals surface area (Å²) in [6, 6.07) is 1.86. The Bertz CT molecular complexity index is 595. The maximum Gasteiger partial charge on any atom is 0.179 e. The van der Waals surface area contributed by atoms with Gasteiger partial charge in [0, 0.05) is 11.7 Å². The first-order chi connectivity index (χ1) is 8.01. The van der Waals surface area contributed by atoms with Gasteiger partial charge in [-0.3, -0.25) is 4.57 Å². The number of aromatic amines is 1. The van der Waals surface area contributed by atoms with Crippen molar-refractivity contribution < 1.29 is 0 Å². The highest BCUT2D eigenvalue weighted by Crippen LogP contribution is 2.29. The Balaban J connectivity index is 2.77. The topological polar surface area (TPSA) is 33.6 Å². The van der Waals surface area contributed by atoms with E-state index in [0.717, 1.165) is 24.0 Å². The van der Waals surface area contributed by atoms with Gasteiger partial charge in [-0.2, -0.15) is 0 Å². The van der Waals surface area contributed by atoms with Gasteiger partial charge >= 0.3 is 0 Å². The summed E-state index contributed by atoms with van der Waals surface area (Å²) >= 11 is 11.3. The highest BCUT2D eigenvalue weighted by Gasteiger charge is 2.25. The zero-order valence-electron chi connectivity index (χ0n) is 10.2. The largest absolute Gasteiger partial charge is 0.329 e. The Morgan fingerprint density at radius 3 is 2.71 bits per heavy atom. The van der Waals surface area contributed by atoms with Gasteiger partial charge in [0.05, 0.1) is 10.5 Å². The molecule has 5 heteroatoms. The van der Waals surface area contributed by atoms with Crippen LogP contribution in [0.25, 0.3) is 11.2 Å². The van der Waals surface area contributed by atoms with Gasteiger partial charge in [-0.05, 0) is 38.0 Å². The van der Waals surface area contributed by atoms with Crippen molar-refractivity contribution in [3.8, 4) is 0 Å². The second-order valence-corrected chi connectivity index (χ2v) is 5.32. The molecule has 0 aliphatic carbocycles. The van der Waals surface area contributed by atoms with Crippen LogP contribution in [0.4, 0.5) is 0 Å². The molecule has 2 rings (SSSR count). The van der Waals surface area contributed by atoms with Crippen LogP contribution in [0.1, 0.15) is 33.6 Å². The average Bonchev–Trinajstić information content (AvgIpc) is 2.64. The van der Waals surface area contributed by atoms with Crippen LogP contribution in [0.2, 0.25) is 5.02 Å². The van der Waals surface area contributed by atoms with E-state index in [2.05, 4.69) is 35.3 Å². The molecule has 0 spiro atoms. The number of H-pyrrole nitrogens is 1. The standard InChI is InChI=1S/C12H16ClN3S/c1-4-12(3,5-2)16-10-9(15-11(16)17)6-8(13)7-14-10/h6-7H,4-5H2,1-3H3,(H,15,17). The zero-order chi connectivity index (χ0) is 12.6. The average molecular weight is 270 g/mol. The van der Waals surface area contributed by atoms with E-state index in [-0.39, 0.29) is 5.54 Å². The molecule has 0 saturated carbocycles. The summed E-state index contributed by atoms with van der Waals surface area (Å²) in [4.78, 5) is 7.57. The van der Waals surface area contributed by atoms with E-state index < -0.39 is 0 Å². The third-order valence-electron chi connectivity index (χ3n) is 3.55. The molecule has 0 aromatic carbocycles. The number of fused-ring (bicyclic) bond motifs is 1. The summed E-state index contributed by atoms with van der Waals surface area (Å²) in [5, 5.41) is 0.621. The molecule has 0 aliphatic heterocycles. The molecule has 0 unspecified atom stereocenters. The van der Waals surface area contributed by atoms with Crippen LogP contribution >= 0.6 is 23.8 Å². The minimum atomic E-state index is -0.00381. The van der Waals surface area contributed by atoms with Crippen molar-refractivity contribution in [1.82, 2.24) is 14.5 Å². The summed E-state index contributed by atoms with van der Waals surface area (Å²) in [5.41, 5.74) is 1.78. The number of aromatic nitrogens is 3. The fraction of sp³-hybridized carbons (Fsp3) is 0.500. The SMILES string of the molecule is CCC(C)(CC)n1c(=S)[nH]c2cc(Cl)cnc21. The lowest BCUT2D eigenvalue weighted by Crippen LogP contribution is -2.28. The van der Waals surface area contributed by atoms with E-state index in [4.69, 9.17) is 23.8 Å². The van der Waals surface area contributed by atoms with Crippen molar-refractivity contribution in [2.75, 3.05) is 0 Å². The van der Waals surface area contributed by atoms with Gasteiger partial charge in [0.2, 0.25) is 0 Å². The van der Waals surface area contributed by atoms with E-state index in [1.165, 1.54) is 0 Å². The quantitative estimate of drug-likeness (QED) is 0.844. The van der Waals surface area contributed by atoms with Gasteiger partial charge in [0.1, 0.15) is 0 Å². The fourth-order valence-corrected chi connectivity index (χ4v) is 2.61. The number of nitrogens with one attached hydrogen (secondary N) is 1. The van der Waals surface area contributed by atoms with E-state index >= 15 is 0 Å². The van der Waals surface area contributed by atoms with E-state index in [1.54, 1.807) is 6.20 Å². The molecule has 1 N–H and O–H groups in total. The van der Waals surface area contributed by atoms with Gasteiger partial charge in [0.15, 0.2) is 10.4 Å². The number of pyridine rings is 1. The molecule has 0 amide bonds. The summed E-state index contributed by atoms with van der Waals surface area (Å²) < 4.78 is 2.81. The molecule has 0 bridgehead atoms. The van der Waals surface area contributed by atoms with Crippen LogP contribution in [-0.4, -0.2) is 14.5 Å². The van der Waals surface area contributed by atoms with Gasteiger partial charge in [0.25, 0.3) is 0 Å². The van der Waals surface area contributed by atoms with Crippen molar-refractivity contribution in [1.29, 1.82) is 0 Å². The molecule has 0 radical (unpaired) electrons. The maximum absolute atomic E-state index is 5.94. The number of nitrogens with zero attached hydrogens (tertiary/aromatic N) is 2. The third-order valence-corrected chi connectivity index (χ3v) is 4.04. The van der Waals surface area contributed by atoms with E-state index in [9.17, 15) is 0 Å². The van der Waals surface area contributed by atoms with Crippen LogP contribution in [0.5, 0.6) is 0 Å². The van der Waals surface area contributed by atoms with Gasteiger partial charge in [-0.15, -0.1) is 0 Å². The normalized spacial score (nSPS) is 12.2. The molecule has 0 fully saturated rings. The Labute approximate surface area is 111 Å². The molecule has 3 nitrogen and oxygen atoms in total. The van der Waals surface area contributed by atoms with Crippen LogP contribution in [0.15, 0.2) is 12.3 Å². The first kappa shape index (κ1) is 12.6. The summed E-state index contributed by atoms with van der Waals surface area (Å²) in [5.74, 6) is 0. The van der Waals surface area contributed by atoms with Crippen LogP contribution in [0.3, 0.4) is 0 Å². The highest BCUT2D eigenvalue weighted by molar-refractivity contribution is 7.71. The second kappa shape index (κ2) is 4.42. The van der Waals surface area contributed by atoms with Crippen LogP contribution < -0.4 is 0 Å². The zero-order valence-corrected chi connectivity index (χ0v) is 11.8. The highest BCUT2D eigenvalue weighted by atomic mass is 35.5. The van der Waals surface area contributed by atoms with Crippen molar-refractivity contribution >= 4 is 35.0 Å². The molecular weight excluding hydrogens is 254 g/mol. The number of hydrogen-bond donors (Lipinski definition) is 1. The Hall–Kier alpha value is -0.870. The van der Waals surface area contributed by atoms with E-state index in [1.807, 2.05) is 6.07 Å². The lowest BCUT2D eigenvalue weighted by atomic mass is 9.95. The molecule has 0 aliphatic rings. The molecule has 92 valence electrons. The lowest BCUT2D eigenvalue weighted by Gasteiger charge is -2.28. The fourth-order valence-electron chi connectivity index (χ4n) is 2.04. The third kappa shape index (κ3) is 2.00. The minimum Gasteiger partial charge on any atom is -0.329 e. The molecular formula is C12H16ClN3S. The number of halogens is 1. The Morgan fingerprint density at radius 2 is 2.12 bits per heavy atom. The van der Waals surface area contributed by atoms with Crippen LogP contribution in [-0.2, 0) is 5.54 Å². The molecule has 2 aromatic rings. The Kier molecular flexibility index (Phi) is 3.27. The first-order valence-electron chi connectivity index (χ1n) is 5.78. The number of rotatable bonds is 3. The molecule has 0 atom stereocenters. The number of hydrogen-bond acceptors (Lipinski definition) is 2. The molecule has 0 saturated heterocycles. The second-order valence-electron chi connectivity index (χ2n) is 4.49. The summed E-state index contributed by atoms with van der Waals surface area (Å²) in [6.45, 7) is 6.53. The molecule has 2 heterocycles. The maximum atomic E-state index is 5.94.